The number of carbonyl (C=O) groups excluding carboxylic acids is 3. The molecule has 1 fully saturated rings. The predicted molar refractivity (Wildman–Crippen MR) is 84.9 cm³/mol. The van der Waals surface area contributed by atoms with E-state index >= 15 is 0 Å². The summed E-state index contributed by atoms with van der Waals surface area (Å²) in [5.74, 6) is -0.611. The lowest BCUT2D eigenvalue weighted by atomic mass is 9.92. The van der Waals surface area contributed by atoms with E-state index in [-0.39, 0.29) is 5.91 Å². The summed E-state index contributed by atoms with van der Waals surface area (Å²) < 4.78 is 0. The Balaban J connectivity index is 1.77. The van der Waals surface area contributed by atoms with Crippen molar-refractivity contribution in [3.05, 3.63) is 65.7 Å². The molecule has 6 nitrogen and oxygen atoms in total. The van der Waals surface area contributed by atoms with Gasteiger partial charge in [-0.3, -0.25) is 14.9 Å². The minimum Gasteiger partial charge on any atom is -0.322 e. The van der Waals surface area contributed by atoms with Crippen LogP contribution in [0.15, 0.2) is 54.6 Å². The molecule has 4 amide bonds. The van der Waals surface area contributed by atoms with Gasteiger partial charge in [0.05, 0.1) is 0 Å². The van der Waals surface area contributed by atoms with Crippen molar-refractivity contribution in [2.75, 3.05) is 5.32 Å². The Morgan fingerprint density at radius 3 is 2.22 bits per heavy atom. The van der Waals surface area contributed by atoms with E-state index in [0.29, 0.717) is 16.8 Å². The molecular formula is C17H15N3O3. The summed E-state index contributed by atoms with van der Waals surface area (Å²) in [5, 5.41) is 7.59. The van der Waals surface area contributed by atoms with E-state index in [0.717, 1.165) is 0 Å². The predicted octanol–water partition coefficient (Wildman–Crippen LogP) is 1.99. The van der Waals surface area contributed by atoms with E-state index in [2.05, 4.69) is 16.0 Å². The lowest BCUT2D eigenvalue weighted by Crippen LogP contribution is -2.40. The van der Waals surface area contributed by atoms with Crippen LogP contribution in [0.5, 0.6) is 0 Å². The van der Waals surface area contributed by atoms with Crippen molar-refractivity contribution in [1.29, 1.82) is 0 Å². The van der Waals surface area contributed by atoms with E-state index in [1.807, 2.05) is 6.07 Å². The molecule has 2 aromatic carbocycles. The SMILES string of the molecule is C[C@@]1(c2ccc(NC(=O)c3ccccc3)cc2)NC(=O)NC1=O. The van der Waals surface area contributed by atoms with Crippen LogP contribution in [0.2, 0.25) is 0 Å². The lowest BCUT2D eigenvalue weighted by molar-refractivity contribution is -0.123. The maximum absolute atomic E-state index is 12.1. The first-order valence-corrected chi connectivity index (χ1v) is 7.09. The van der Waals surface area contributed by atoms with Gasteiger partial charge >= 0.3 is 6.03 Å². The number of benzene rings is 2. The van der Waals surface area contributed by atoms with Gasteiger partial charge in [0.1, 0.15) is 5.54 Å². The summed E-state index contributed by atoms with van der Waals surface area (Å²) in [6.45, 7) is 1.63. The van der Waals surface area contributed by atoms with Crippen LogP contribution in [0.1, 0.15) is 22.8 Å². The van der Waals surface area contributed by atoms with Crippen molar-refractivity contribution in [2.45, 2.75) is 12.5 Å². The van der Waals surface area contributed by atoms with E-state index in [1.54, 1.807) is 55.5 Å². The van der Waals surface area contributed by atoms with Crippen molar-refractivity contribution < 1.29 is 14.4 Å². The molecule has 0 aromatic heterocycles. The molecule has 3 rings (SSSR count). The van der Waals surface area contributed by atoms with Crippen molar-refractivity contribution in [2.24, 2.45) is 0 Å². The topological polar surface area (TPSA) is 87.3 Å². The van der Waals surface area contributed by atoms with Crippen LogP contribution in [0, 0.1) is 0 Å². The number of amides is 4. The molecule has 3 N–H and O–H groups in total. The summed E-state index contributed by atoms with van der Waals surface area (Å²) in [7, 11) is 0. The molecule has 2 aromatic rings. The zero-order chi connectivity index (χ0) is 16.4. The van der Waals surface area contributed by atoms with Gasteiger partial charge in [-0.1, -0.05) is 30.3 Å². The van der Waals surface area contributed by atoms with Gasteiger partial charge < -0.3 is 10.6 Å². The standard InChI is InChI=1S/C17H15N3O3/c1-17(15(22)19-16(23)20-17)12-7-9-13(10-8-12)18-14(21)11-5-3-2-4-6-11/h2-10H,1H3,(H,18,21)(H2,19,20,22,23)/t17-/m0/s1. The van der Waals surface area contributed by atoms with E-state index in [9.17, 15) is 14.4 Å². The molecule has 0 bridgehead atoms. The monoisotopic (exact) mass is 309 g/mol. The Hall–Kier alpha value is -3.15. The van der Waals surface area contributed by atoms with E-state index in [1.165, 1.54) is 0 Å². The Labute approximate surface area is 132 Å². The van der Waals surface area contributed by atoms with Gasteiger partial charge in [-0.25, -0.2) is 4.79 Å². The molecule has 1 atom stereocenters. The van der Waals surface area contributed by atoms with E-state index < -0.39 is 17.5 Å². The molecule has 0 spiro atoms. The summed E-state index contributed by atoms with van der Waals surface area (Å²) in [5.41, 5.74) is 0.708. The molecule has 0 radical (unpaired) electrons. The van der Waals surface area contributed by atoms with Crippen LogP contribution in [-0.2, 0) is 10.3 Å². The van der Waals surface area contributed by atoms with Crippen molar-refractivity contribution >= 4 is 23.5 Å². The van der Waals surface area contributed by atoms with Gasteiger partial charge in [-0.15, -0.1) is 0 Å². The third-order valence-corrected chi connectivity index (χ3v) is 3.80. The largest absolute Gasteiger partial charge is 0.322 e. The van der Waals surface area contributed by atoms with Crippen molar-refractivity contribution in [1.82, 2.24) is 10.6 Å². The lowest BCUT2D eigenvalue weighted by Gasteiger charge is -2.21. The molecule has 116 valence electrons. The number of imide groups is 1. The summed E-state index contributed by atoms with van der Waals surface area (Å²) in [6, 6.07) is 15.1. The van der Waals surface area contributed by atoms with Gasteiger partial charge in [-0.2, -0.15) is 0 Å². The number of hydrogen-bond donors (Lipinski definition) is 3. The van der Waals surface area contributed by atoms with Gasteiger partial charge in [0, 0.05) is 11.3 Å². The van der Waals surface area contributed by atoms with Crippen LogP contribution >= 0.6 is 0 Å². The fourth-order valence-electron chi connectivity index (χ4n) is 2.43. The minimum absolute atomic E-state index is 0.212. The molecule has 23 heavy (non-hydrogen) atoms. The fraction of sp³-hybridized carbons (Fsp3) is 0.118. The van der Waals surface area contributed by atoms with Crippen LogP contribution in [-0.4, -0.2) is 17.8 Å². The summed E-state index contributed by atoms with van der Waals surface area (Å²) in [4.78, 5) is 35.3. The van der Waals surface area contributed by atoms with Crippen molar-refractivity contribution in [3.8, 4) is 0 Å². The number of anilines is 1. The second-order valence-electron chi connectivity index (χ2n) is 5.43. The first-order valence-electron chi connectivity index (χ1n) is 7.09. The third-order valence-electron chi connectivity index (χ3n) is 3.80. The van der Waals surface area contributed by atoms with Crippen LogP contribution < -0.4 is 16.0 Å². The molecule has 0 aliphatic carbocycles. The zero-order valence-corrected chi connectivity index (χ0v) is 12.4. The van der Waals surface area contributed by atoms with Gasteiger partial charge in [0.2, 0.25) is 0 Å². The Morgan fingerprint density at radius 1 is 1.00 bits per heavy atom. The number of rotatable bonds is 3. The average Bonchev–Trinajstić information content (AvgIpc) is 2.82. The molecule has 1 saturated heterocycles. The molecule has 6 heteroatoms. The maximum atomic E-state index is 12.1. The smallest absolute Gasteiger partial charge is 0.322 e. The van der Waals surface area contributed by atoms with Crippen LogP contribution in [0.3, 0.4) is 0 Å². The minimum atomic E-state index is -1.10. The first kappa shape index (κ1) is 14.8. The molecule has 1 aliphatic heterocycles. The number of carbonyl (C=O) groups is 3. The quantitative estimate of drug-likeness (QED) is 0.758. The Morgan fingerprint density at radius 2 is 1.65 bits per heavy atom. The number of nitrogens with one attached hydrogen (secondary N) is 3. The molecule has 0 unspecified atom stereocenters. The highest BCUT2D eigenvalue weighted by Crippen LogP contribution is 2.25. The average molecular weight is 309 g/mol. The van der Waals surface area contributed by atoms with Gasteiger partial charge in [-0.05, 0) is 36.8 Å². The Bertz CT molecular complexity index is 771. The molecule has 1 aliphatic rings. The maximum Gasteiger partial charge on any atom is 0.322 e. The highest BCUT2D eigenvalue weighted by Gasteiger charge is 2.43. The third kappa shape index (κ3) is 2.78. The second-order valence-corrected chi connectivity index (χ2v) is 5.43. The van der Waals surface area contributed by atoms with Crippen LogP contribution in [0.4, 0.5) is 10.5 Å². The van der Waals surface area contributed by atoms with E-state index in [4.69, 9.17) is 0 Å². The molecule has 0 saturated carbocycles. The fourth-order valence-corrected chi connectivity index (χ4v) is 2.43. The molecular weight excluding hydrogens is 294 g/mol. The Kier molecular flexibility index (Phi) is 3.57. The number of urea groups is 1. The second kappa shape index (κ2) is 5.57. The highest BCUT2D eigenvalue weighted by molar-refractivity contribution is 6.07. The first-order chi connectivity index (χ1) is 11.0. The summed E-state index contributed by atoms with van der Waals surface area (Å²) in [6.07, 6.45) is 0. The normalized spacial score (nSPS) is 19.9. The van der Waals surface area contributed by atoms with Gasteiger partial charge in [0.25, 0.3) is 11.8 Å². The molecule has 1 heterocycles. The highest BCUT2D eigenvalue weighted by atomic mass is 16.2. The van der Waals surface area contributed by atoms with Crippen molar-refractivity contribution in [3.63, 3.8) is 0 Å². The van der Waals surface area contributed by atoms with Gasteiger partial charge in [0.15, 0.2) is 0 Å². The van der Waals surface area contributed by atoms with Crippen LogP contribution in [0.25, 0.3) is 0 Å². The zero-order valence-electron chi connectivity index (χ0n) is 12.4. The summed E-state index contributed by atoms with van der Waals surface area (Å²) >= 11 is 0. The number of hydrogen-bond acceptors (Lipinski definition) is 3.